The number of hydrogen-bond donors (Lipinski definition) is 3. The first-order chi connectivity index (χ1) is 8.63. The van der Waals surface area contributed by atoms with Gasteiger partial charge in [-0.05, 0) is 32.2 Å². The molecule has 3 amide bonds. The molecule has 1 rings (SSSR count). The van der Waals surface area contributed by atoms with Crippen LogP contribution >= 0.6 is 0 Å². The Balaban J connectivity index is 2.06. The first-order valence-corrected chi connectivity index (χ1v) is 6.89. The quantitative estimate of drug-likeness (QED) is 0.628. The van der Waals surface area contributed by atoms with Crippen molar-refractivity contribution in [2.75, 3.05) is 13.6 Å². The van der Waals surface area contributed by atoms with E-state index in [-0.39, 0.29) is 11.9 Å². The van der Waals surface area contributed by atoms with Crippen molar-refractivity contribution < 1.29 is 9.59 Å². The van der Waals surface area contributed by atoms with Crippen molar-refractivity contribution in [2.45, 2.75) is 51.5 Å². The summed E-state index contributed by atoms with van der Waals surface area (Å²) in [5, 5.41) is 7.76. The Bertz CT molecular complexity index is 275. The SMILES string of the molecule is CNC(=O)NC(=O)C(C)NCCCC1CCCC1. The van der Waals surface area contributed by atoms with E-state index in [4.69, 9.17) is 0 Å². The predicted octanol–water partition coefficient (Wildman–Crippen LogP) is 1.39. The summed E-state index contributed by atoms with van der Waals surface area (Å²) in [7, 11) is 1.49. The van der Waals surface area contributed by atoms with Gasteiger partial charge in [0.15, 0.2) is 0 Å². The molecule has 0 aromatic rings. The maximum atomic E-state index is 11.5. The summed E-state index contributed by atoms with van der Waals surface area (Å²) in [5.41, 5.74) is 0. The second-order valence-electron chi connectivity index (χ2n) is 5.04. The fraction of sp³-hybridized carbons (Fsp3) is 0.846. The minimum atomic E-state index is -0.459. The van der Waals surface area contributed by atoms with Crippen molar-refractivity contribution in [3.05, 3.63) is 0 Å². The van der Waals surface area contributed by atoms with Gasteiger partial charge >= 0.3 is 6.03 Å². The largest absolute Gasteiger partial charge is 0.341 e. The molecule has 1 aliphatic rings. The lowest BCUT2D eigenvalue weighted by Gasteiger charge is -2.14. The second kappa shape index (κ2) is 8.08. The molecule has 1 fully saturated rings. The van der Waals surface area contributed by atoms with E-state index in [2.05, 4.69) is 16.0 Å². The molecule has 0 heterocycles. The van der Waals surface area contributed by atoms with E-state index in [1.165, 1.54) is 39.2 Å². The van der Waals surface area contributed by atoms with Crippen LogP contribution in [0.2, 0.25) is 0 Å². The van der Waals surface area contributed by atoms with Gasteiger partial charge in [0.1, 0.15) is 0 Å². The number of hydrogen-bond acceptors (Lipinski definition) is 3. The molecule has 1 aliphatic carbocycles. The number of imide groups is 1. The van der Waals surface area contributed by atoms with Crippen LogP contribution in [0.5, 0.6) is 0 Å². The Kier molecular flexibility index (Phi) is 6.72. The summed E-state index contributed by atoms with van der Waals surface area (Å²) < 4.78 is 0. The second-order valence-corrected chi connectivity index (χ2v) is 5.04. The summed E-state index contributed by atoms with van der Waals surface area (Å²) in [5.74, 6) is 0.608. The van der Waals surface area contributed by atoms with E-state index in [0.717, 1.165) is 18.9 Å². The van der Waals surface area contributed by atoms with Crippen LogP contribution < -0.4 is 16.0 Å². The average Bonchev–Trinajstić information content (AvgIpc) is 2.87. The third kappa shape index (κ3) is 5.49. The molecule has 0 aliphatic heterocycles. The van der Waals surface area contributed by atoms with Gasteiger partial charge in [0.25, 0.3) is 0 Å². The molecule has 0 radical (unpaired) electrons. The first kappa shape index (κ1) is 15.0. The van der Waals surface area contributed by atoms with E-state index in [1.807, 2.05) is 0 Å². The highest BCUT2D eigenvalue weighted by molar-refractivity contribution is 5.96. The highest BCUT2D eigenvalue weighted by Gasteiger charge is 2.16. The van der Waals surface area contributed by atoms with E-state index < -0.39 is 6.03 Å². The number of urea groups is 1. The molecule has 3 N–H and O–H groups in total. The minimum absolute atomic E-state index is 0.282. The van der Waals surface area contributed by atoms with Crippen molar-refractivity contribution in [1.82, 2.24) is 16.0 Å². The number of nitrogens with one attached hydrogen (secondary N) is 3. The van der Waals surface area contributed by atoms with Crippen LogP contribution in [0.1, 0.15) is 45.4 Å². The van der Waals surface area contributed by atoms with Crippen LogP contribution in [0.25, 0.3) is 0 Å². The molecule has 1 atom stereocenters. The van der Waals surface area contributed by atoms with Crippen molar-refractivity contribution >= 4 is 11.9 Å². The summed E-state index contributed by atoms with van der Waals surface area (Å²) in [6, 6.07) is -0.787. The van der Waals surface area contributed by atoms with Gasteiger partial charge in [0, 0.05) is 7.05 Å². The monoisotopic (exact) mass is 255 g/mol. The molecule has 104 valence electrons. The van der Waals surface area contributed by atoms with E-state index >= 15 is 0 Å². The summed E-state index contributed by atoms with van der Waals surface area (Å²) in [6.07, 6.45) is 7.84. The maximum Gasteiger partial charge on any atom is 0.321 e. The van der Waals surface area contributed by atoms with Crippen molar-refractivity contribution in [2.24, 2.45) is 5.92 Å². The fourth-order valence-corrected chi connectivity index (χ4v) is 2.38. The Hall–Kier alpha value is -1.10. The smallest absolute Gasteiger partial charge is 0.321 e. The normalized spacial score (nSPS) is 17.4. The van der Waals surface area contributed by atoms with E-state index in [1.54, 1.807) is 6.92 Å². The molecule has 5 nitrogen and oxygen atoms in total. The maximum absolute atomic E-state index is 11.5. The molecular formula is C13H25N3O2. The molecule has 1 saturated carbocycles. The molecule has 18 heavy (non-hydrogen) atoms. The minimum Gasteiger partial charge on any atom is -0.341 e. The number of amides is 3. The van der Waals surface area contributed by atoms with Crippen LogP contribution in [0, 0.1) is 5.92 Å². The zero-order valence-electron chi connectivity index (χ0n) is 11.4. The topological polar surface area (TPSA) is 70.2 Å². The summed E-state index contributed by atoms with van der Waals surface area (Å²) in [6.45, 7) is 2.60. The van der Waals surface area contributed by atoms with Crippen LogP contribution in [-0.2, 0) is 4.79 Å². The number of carbonyl (C=O) groups excluding carboxylic acids is 2. The highest BCUT2D eigenvalue weighted by atomic mass is 16.2. The fourth-order valence-electron chi connectivity index (χ4n) is 2.38. The Morgan fingerprint density at radius 2 is 1.94 bits per heavy atom. The van der Waals surface area contributed by atoms with Crippen molar-refractivity contribution in [1.29, 1.82) is 0 Å². The van der Waals surface area contributed by atoms with Gasteiger partial charge in [-0.25, -0.2) is 4.79 Å². The van der Waals surface area contributed by atoms with Gasteiger partial charge < -0.3 is 10.6 Å². The molecule has 0 spiro atoms. The van der Waals surface area contributed by atoms with Crippen molar-refractivity contribution in [3.63, 3.8) is 0 Å². The van der Waals surface area contributed by atoms with Gasteiger partial charge in [0.05, 0.1) is 6.04 Å². The third-order valence-corrected chi connectivity index (χ3v) is 3.57. The third-order valence-electron chi connectivity index (χ3n) is 3.57. The standard InChI is InChI=1S/C13H25N3O2/c1-10(12(17)16-13(18)14-2)15-9-5-8-11-6-3-4-7-11/h10-11,15H,3-9H2,1-2H3,(H2,14,16,17,18). The Morgan fingerprint density at radius 3 is 2.56 bits per heavy atom. The molecule has 0 saturated heterocycles. The van der Waals surface area contributed by atoms with E-state index in [9.17, 15) is 9.59 Å². The summed E-state index contributed by atoms with van der Waals surface area (Å²) >= 11 is 0. The number of rotatable bonds is 6. The number of carbonyl (C=O) groups is 2. The van der Waals surface area contributed by atoms with Gasteiger partial charge in [-0.2, -0.15) is 0 Å². The zero-order chi connectivity index (χ0) is 13.4. The lowest BCUT2D eigenvalue weighted by molar-refractivity contribution is -0.121. The summed E-state index contributed by atoms with van der Waals surface area (Å²) in [4.78, 5) is 22.5. The lowest BCUT2D eigenvalue weighted by Crippen LogP contribution is -2.47. The van der Waals surface area contributed by atoms with Gasteiger partial charge in [-0.1, -0.05) is 25.7 Å². The van der Waals surface area contributed by atoms with Gasteiger partial charge in [0.2, 0.25) is 5.91 Å². The highest BCUT2D eigenvalue weighted by Crippen LogP contribution is 2.28. The predicted molar refractivity (Wildman–Crippen MR) is 71.3 cm³/mol. The molecule has 0 aromatic carbocycles. The van der Waals surface area contributed by atoms with E-state index in [0.29, 0.717) is 0 Å². The average molecular weight is 255 g/mol. The van der Waals surface area contributed by atoms with Crippen LogP contribution in [0.4, 0.5) is 4.79 Å². The van der Waals surface area contributed by atoms with Gasteiger partial charge in [-0.15, -0.1) is 0 Å². The molecule has 0 aromatic heterocycles. The molecule has 1 unspecified atom stereocenters. The lowest BCUT2D eigenvalue weighted by atomic mass is 10.0. The van der Waals surface area contributed by atoms with Gasteiger partial charge in [-0.3, -0.25) is 10.1 Å². The molecule has 5 heteroatoms. The van der Waals surface area contributed by atoms with Crippen LogP contribution in [-0.4, -0.2) is 31.6 Å². The van der Waals surface area contributed by atoms with Crippen LogP contribution in [0.15, 0.2) is 0 Å². The Morgan fingerprint density at radius 1 is 1.28 bits per heavy atom. The Labute approximate surface area is 109 Å². The first-order valence-electron chi connectivity index (χ1n) is 6.89. The van der Waals surface area contributed by atoms with Crippen molar-refractivity contribution in [3.8, 4) is 0 Å². The molecular weight excluding hydrogens is 230 g/mol. The zero-order valence-corrected chi connectivity index (χ0v) is 11.4. The van der Waals surface area contributed by atoms with Crippen LogP contribution in [0.3, 0.4) is 0 Å². The molecule has 0 bridgehead atoms.